The fourth-order valence-electron chi connectivity index (χ4n) is 2.95. The lowest BCUT2D eigenvalue weighted by atomic mass is 9.96. The van der Waals surface area contributed by atoms with E-state index in [1.54, 1.807) is 0 Å². The Morgan fingerprint density at radius 3 is 2.54 bits per heavy atom. The van der Waals surface area contributed by atoms with Gasteiger partial charge >= 0.3 is 0 Å². The van der Waals surface area contributed by atoms with Crippen molar-refractivity contribution in [3.05, 3.63) is 64.1 Å². The van der Waals surface area contributed by atoms with E-state index in [0.717, 1.165) is 27.4 Å². The molecule has 0 unspecified atom stereocenters. The van der Waals surface area contributed by atoms with Crippen LogP contribution in [0.2, 0.25) is 0 Å². The zero-order chi connectivity index (χ0) is 18.7. The summed E-state index contributed by atoms with van der Waals surface area (Å²) >= 11 is 10.5. The van der Waals surface area contributed by atoms with Crippen LogP contribution in [0, 0.1) is 0 Å². The van der Waals surface area contributed by atoms with Gasteiger partial charge in [0.05, 0.1) is 5.56 Å². The molecule has 0 aromatic heterocycles. The Labute approximate surface area is 172 Å². The van der Waals surface area contributed by atoms with E-state index in [4.69, 9.17) is 17.0 Å². The maximum Gasteiger partial charge on any atom is 0.184 e. The second kappa shape index (κ2) is 8.55. The second-order valence-electron chi connectivity index (χ2n) is 5.93. The standard InChI is InChI=1S/C20H20BrNO2S2/c1-3-22(4-2)20(25)26-19-17(23)15-12-14(21)10-11-16(15)24-18(19)13-8-6-5-7-9-13/h5-12,18-19H,3-4H2,1-2H3/t18-,19+/m0/s1. The predicted octanol–water partition coefficient (Wildman–Crippen LogP) is 5.49. The van der Waals surface area contributed by atoms with Crippen molar-refractivity contribution in [2.45, 2.75) is 25.2 Å². The first-order chi connectivity index (χ1) is 12.5. The van der Waals surface area contributed by atoms with Gasteiger partial charge in [-0.1, -0.05) is 70.2 Å². The van der Waals surface area contributed by atoms with Crippen LogP contribution in [0.4, 0.5) is 0 Å². The van der Waals surface area contributed by atoms with Crippen LogP contribution in [-0.4, -0.2) is 33.3 Å². The van der Waals surface area contributed by atoms with Crippen LogP contribution in [0.3, 0.4) is 0 Å². The number of hydrogen-bond donors (Lipinski definition) is 0. The average molecular weight is 450 g/mol. The lowest BCUT2D eigenvalue weighted by Gasteiger charge is -2.34. The topological polar surface area (TPSA) is 29.5 Å². The number of rotatable bonds is 4. The van der Waals surface area contributed by atoms with Crippen molar-refractivity contribution in [2.75, 3.05) is 13.1 Å². The summed E-state index contributed by atoms with van der Waals surface area (Å²) in [6, 6.07) is 15.4. The molecule has 1 heterocycles. The number of Topliss-reactive ketones (excluding diaryl/α,β-unsaturated/α-hetero) is 1. The first-order valence-electron chi connectivity index (χ1n) is 8.56. The fourth-order valence-corrected chi connectivity index (χ4v) is 5.08. The molecule has 26 heavy (non-hydrogen) atoms. The van der Waals surface area contributed by atoms with E-state index in [9.17, 15) is 4.79 Å². The Kier molecular flexibility index (Phi) is 6.37. The summed E-state index contributed by atoms with van der Waals surface area (Å²) < 4.78 is 7.86. The molecule has 1 aliphatic rings. The van der Waals surface area contributed by atoms with Crippen molar-refractivity contribution in [3.8, 4) is 5.75 Å². The van der Waals surface area contributed by atoms with Gasteiger partial charge in [0.2, 0.25) is 0 Å². The minimum atomic E-state index is -0.410. The molecule has 1 aliphatic heterocycles. The van der Waals surface area contributed by atoms with Crippen molar-refractivity contribution in [1.82, 2.24) is 4.90 Å². The monoisotopic (exact) mass is 449 g/mol. The van der Waals surface area contributed by atoms with Gasteiger partial charge in [-0.05, 0) is 37.6 Å². The highest BCUT2D eigenvalue weighted by atomic mass is 79.9. The number of carbonyl (C=O) groups excluding carboxylic acids is 1. The summed E-state index contributed by atoms with van der Waals surface area (Å²) in [4.78, 5) is 15.4. The molecule has 2 atom stereocenters. The molecule has 2 aromatic carbocycles. The van der Waals surface area contributed by atoms with Gasteiger partial charge in [-0.2, -0.15) is 0 Å². The highest BCUT2D eigenvalue weighted by Crippen LogP contribution is 2.42. The summed E-state index contributed by atoms with van der Waals surface area (Å²) in [5, 5.41) is -0.410. The number of hydrogen-bond acceptors (Lipinski definition) is 4. The van der Waals surface area contributed by atoms with Gasteiger partial charge in [0, 0.05) is 17.6 Å². The van der Waals surface area contributed by atoms with Crippen LogP contribution >= 0.6 is 39.9 Å². The molecular weight excluding hydrogens is 430 g/mol. The molecule has 0 bridgehead atoms. The Morgan fingerprint density at radius 1 is 1.19 bits per heavy atom. The van der Waals surface area contributed by atoms with Crippen molar-refractivity contribution in [2.24, 2.45) is 0 Å². The second-order valence-corrected chi connectivity index (χ2v) is 8.62. The largest absolute Gasteiger partial charge is 0.483 e. The van der Waals surface area contributed by atoms with Gasteiger partial charge in [-0.3, -0.25) is 4.79 Å². The molecule has 0 fully saturated rings. The smallest absolute Gasteiger partial charge is 0.184 e. The molecule has 3 nitrogen and oxygen atoms in total. The molecule has 0 aliphatic carbocycles. The molecule has 0 saturated carbocycles. The molecule has 6 heteroatoms. The Balaban J connectivity index is 1.99. The minimum Gasteiger partial charge on any atom is -0.483 e. The van der Waals surface area contributed by atoms with Crippen LogP contribution < -0.4 is 4.74 Å². The Morgan fingerprint density at radius 2 is 1.88 bits per heavy atom. The Hall–Kier alpha value is -1.37. The molecule has 0 spiro atoms. The number of thioether (sulfide) groups is 1. The van der Waals surface area contributed by atoms with Crippen molar-refractivity contribution >= 4 is 50.0 Å². The highest BCUT2D eigenvalue weighted by molar-refractivity contribution is 9.10. The van der Waals surface area contributed by atoms with E-state index in [-0.39, 0.29) is 11.9 Å². The van der Waals surface area contributed by atoms with Crippen molar-refractivity contribution < 1.29 is 9.53 Å². The normalized spacial score (nSPS) is 18.8. The number of thiocarbonyl (C=S) groups is 1. The molecule has 0 N–H and O–H groups in total. The van der Waals surface area contributed by atoms with Crippen LogP contribution in [0.1, 0.15) is 35.9 Å². The molecule has 0 amide bonds. The van der Waals surface area contributed by atoms with E-state index in [0.29, 0.717) is 11.3 Å². The Bertz CT molecular complexity index is 809. The highest BCUT2D eigenvalue weighted by Gasteiger charge is 2.40. The van der Waals surface area contributed by atoms with Crippen LogP contribution in [-0.2, 0) is 0 Å². The van der Waals surface area contributed by atoms with E-state index >= 15 is 0 Å². The predicted molar refractivity (Wildman–Crippen MR) is 115 cm³/mol. The number of ether oxygens (including phenoxy) is 1. The maximum atomic E-state index is 13.3. The van der Waals surface area contributed by atoms with Gasteiger partial charge in [0.1, 0.15) is 21.4 Å². The fraction of sp³-hybridized carbons (Fsp3) is 0.300. The van der Waals surface area contributed by atoms with Gasteiger partial charge in [-0.15, -0.1) is 0 Å². The zero-order valence-electron chi connectivity index (χ0n) is 14.6. The number of ketones is 1. The quantitative estimate of drug-likeness (QED) is 0.575. The average Bonchev–Trinajstić information content (AvgIpc) is 2.66. The van der Waals surface area contributed by atoms with Crippen LogP contribution in [0.5, 0.6) is 5.75 Å². The molecule has 3 rings (SSSR count). The summed E-state index contributed by atoms with van der Waals surface area (Å²) in [6.45, 7) is 5.78. The third-order valence-electron chi connectivity index (χ3n) is 4.37. The summed E-state index contributed by atoms with van der Waals surface area (Å²) in [6.07, 6.45) is -0.365. The van der Waals surface area contributed by atoms with E-state index in [2.05, 4.69) is 34.7 Å². The zero-order valence-corrected chi connectivity index (χ0v) is 17.9. The number of benzene rings is 2. The van der Waals surface area contributed by atoms with Crippen LogP contribution in [0.25, 0.3) is 0 Å². The first-order valence-corrected chi connectivity index (χ1v) is 10.6. The lowest BCUT2D eigenvalue weighted by Crippen LogP contribution is -2.37. The summed E-state index contributed by atoms with van der Waals surface area (Å²) in [7, 11) is 0. The number of nitrogens with zero attached hydrogens (tertiary/aromatic N) is 1. The van der Waals surface area contributed by atoms with Gasteiger partial charge in [-0.25, -0.2) is 0 Å². The summed E-state index contributed by atoms with van der Waals surface area (Å²) in [5.74, 6) is 0.679. The van der Waals surface area contributed by atoms with E-state index < -0.39 is 5.25 Å². The van der Waals surface area contributed by atoms with Crippen LogP contribution in [0.15, 0.2) is 53.0 Å². The molecule has 0 saturated heterocycles. The number of halogens is 1. The molecule has 136 valence electrons. The maximum absolute atomic E-state index is 13.3. The van der Waals surface area contributed by atoms with E-state index in [1.807, 2.05) is 48.5 Å². The minimum absolute atomic E-state index is 0.0564. The SMILES string of the molecule is CCN(CC)C(=S)S[C@@H]1C(=O)c2cc(Br)ccc2O[C@H]1c1ccccc1. The van der Waals surface area contributed by atoms with Gasteiger partial charge < -0.3 is 9.64 Å². The third kappa shape index (κ3) is 3.97. The van der Waals surface area contributed by atoms with Gasteiger partial charge in [0.25, 0.3) is 0 Å². The van der Waals surface area contributed by atoms with Crippen molar-refractivity contribution in [3.63, 3.8) is 0 Å². The van der Waals surface area contributed by atoms with Gasteiger partial charge in [0.15, 0.2) is 5.78 Å². The molecule has 2 aromatic rings. The van der Waals surface area contributed by atoms with E-state index in [1.165, 1.54) is 11.8 Å². The third-order valence-corrected chi connectivity index (χ3v) is 6.59. The summed E-state index contributed by atoms with van der Waals surface area (Å²) in [5.41, 5.74) is 1.58. The molecule has 0 radical (unpaired) electrons. The first kappa shape index (κ1) is 19.4. The van der Waals surface area contributed by atoms with Crippen molar-refractivity contribution in [1.29, 1.82) is 0 Å². The number of fused-ring (bicyclic) bond motifs is 1. The number of carbonyl (C=O) groups is 1. The molecular formula is C20H20BrNO2S2. The lowest BCUT2D eigenvalue weighted by molar-refractivity contribution is 0.0868.